The number of nitrogens with zero attached hydrogens (tertiary/aromatic N) is 2. The Labute approximate surface area is 97.7 Å². The summed E-state index contributed by atoms with van der Waals surface area (Å²) in [5.74, 6) is 0.343. The lowest BCUT2D eigenvalue weighted by atomic mass is 10.3. The average Bonchev–Trinajstić information content (AvgIpc) is 2.40. The van der Waals surface area contributed by atoms with Crippen LogP contribution in [0.3, 0.4) is 0 Å². The number of fused-ring (bicyclic) bond motifs is 1. The van der Waals surface area contributed by atoms with Crippen molar-refractivity contribution in [2.75, 3.05) is 18.5 Å². The molecule has 0 saturated carbocycles. The normalized spacial score (nSPS) is 13.4. The minimum absolute atomic E-state index is 0.235. The number of benzene rings is 1. The molecular weight excluding hydrogens is 218 g/mol. The molecule has 0 bridgehead atoms. The second-order valence-electron chi connectivity index (χ2n) is 3.72. The number of aromatic nitrogens is 2. The maximum Gasteiger partial charge on any atom is 0.315 e. The molecule has 0 saturated heterocycles. The molecule has 3 rings (SSSR count). The SMILES string of the molecule is O=c1c2c(cnn1-c1ccccc1)NCCO2. The Kier molecular flexibility index (Phi) is 2.29. The van der Waals surface area contributed by atoms with Crippen molar-refractivity contribution in [2.24, 2.45) is 0 Å². The standard InChI is InChI=1S/C12H11N3O2/c16-12-11-10(13-6-7-17-11)8-14-15(12)9-4-2-1-3-5-9/h1-5,8,13H,6-7H2. The van der Waals surface area contributed by atoms with Crippen LogP contribution < -0.4 is 15.6 Å². The van der Waals surface area contributed by atoms with Gasteiger partial charge < -0.3 is 10.1 Å². The van der Waals surface area contributed by atoms with Crippen LogP contribution in [0.2, 0.25) is 0 Å². The summed E-state index contributed by atoms with van der Waals surface area (Å²) in [5.41, 5.74) is 1.16. The molecule has 0 unspecified atom stereocenters. The lowest BCUT2D eigenvalue weighted by Gasteiger charge is -2.18. The van der Waals surface area contributed by atoms with Gasteiger partial charge in [-0.05, 0) is 12.1 Å². The zero-order valence-corrected chi connectivity index (χ0v) is 9.09. The molecule has 1 aromatic heterocycles. The van der Waals surface area contributed by atoms with E-state index in [9.17, 15) is 4.79 Å². The zero-order chi connectivity index (χ0) is 11.7. The molecule has 0 spiro atoms. The summed E-state index contributed by atoms with van der Waals surface area (Å²) < 4.78 is 6.72. The lowest BCUT2D eigenvalue weighted by Crippen LogP contribution is -2.29. The zero-order valence-electron chi connectivity index (χ0n) is 9.09. The predicted octanol–water partition coefficient (Wildman–Crippen LogP) is 1.04. The molecule has 5 heteroatoms. The molecule has 0 aliphatic carbocycles. The summed E-state index contributed by atoms with van der Waals surface area (Å²) >= 11 is 0. The van der Waals surface area contributed by atoms with Crippen molar-refractivity contribution in [3.8, 4) is 11.4 Å². The van der Waals surface area contributed by atoms with Gasteiger partial charge in [-0.2, -0.15) is 9.78 Å². The third-order valence-electron chi connectivity index (χ3n) is 2.60. The molecule has 1 aliphatic rings. The molecule has 1 N–H and O–H groups in total. The number of para-hydroxylation sites is 1. The van der Waals surface area contributed by atoms with Crippen LogP contribution in [0.15, 0.2) is 41.3 Å². The molecule has 0 radical (unpaired) electrons. The number of anilines is 1. The predicted molar refractivity (Wildman–Crippen MR) is 63.8 cm³/mol. The summed E-state index contributed by atoms with van der Waals surface area (Å²) in [4.78, 5) is 12.1. The second kappa shape index (κ2) is 3.93. The fraction of sp³-hybridized carbons (Fsp3) is 0.167. The summed E-state index contributed by atoms with van der Waals surface area (Å²) in [7, 11) is 0. The first-order valence-electron chi connectivity index (χ1n) is 5.41. The van der Waals surface area contributed by atoms with Crippen LogP contribution in [-0.2, 0) is 0 Å². The fourth-order valence-electron chi connectivity index (χ4n) is 1.80. The number of hydrogen-bond acceptors (Lipinski definition) is 4. The Morgan fingerprint density at radius 3 is 2.94 bits per heavy atom. The fourth-order valence-corrected chi connectivity index (χ4v) is 1.80. The summed E-state index contributed by atoms with van der Waals surface area (Å²) in [6.07, 6.45) is 1.61. The number of ether oxygens (including phenoxy) is 1. The Balaban J connectivity index is 2.17. The molecule has 2 heterocycles. The first-order chi connectivity index (χ1) is 8.36. The van der Waals surface area contributed by atoms with E-state index in [1.165, 1.54) is 4.68 Å². The van der Waals surface area contributed by atoms with Gasteiger partial charge in [-0.3, -0.25) is 4.79 Å². The Morgan fingerprint density at radius 2 is 2.12 bits per heavy atom. The van der Waals surface area contributed by atoms with Gasteiger partial charge >= 0.3 is 5.56 Å². The van der Waals surface area contributed by atoms with Crippen LogP contribution in [-0.4, -0.2) is 22.9 Å². The summed E-state index contributed by atoms with van der Waals surface area (Å²) in [5, 5.41) is 7.20. The van der Waals surface area contributed by atoms with E-state index in [0.717, 1.165) is 5.69 Å². The van der Waals surface area contributed by atoms with Gasteiger partial charge in [-0.15, -0.1) is 0 Å². The van der Waals surface area contributed by atoms with Gasteiger partial charge in [0.1, 0.15) is 12.3 Å². The van der Waals surface area contributed by atoms with Crippen LogP contribution in [0.4, 0.5) is 5.69 Å². The van der Waals surface area contributed by atoms with Crippen LogP contribution in [0, 0.1) is 0 Å². The van der Waals surface area contributed by atoms with Crippen molar-refractivity contribution in [1.29, 1.82) is 0 Å². The Bertz CT molecular complexity index is 592. The van der Waals surface area contributed by atoms with Gasteiger partial charge in [-0.1, -0.05) is 18.2 Å². The molecule has 1 aromatic carbocycles. The minimum atomic E-state index is -0.235. The Hall–Kier alpha value is -2.30. The van der Waals surface area contributed by atoms with Gasteiger partial charge in [-0.25, -0.2) is 0 Å². The van der Waals surface area contributed by atoms with Crippen LogP contribution in [0.5, 0.6) is 5.75 Å². The maximum absolute atomic E-state index is 12.1. The topological polar surface area (TPSA) is 56.2 Å². The lowest BCUT2D eigenvalue weighted by molar-refractivity contribution is 0.315. The van der Waals surface area contributed by atoms with Crippen molar-refractivity contribution < 1.29 is 4.74 Å². The number of rotatable bonds is 1. The van der Waals surface area contributed by atoms with E-state index in [-0.39, 0.29) is 5.56 Å². The molecule has 86 valence electrons. The molecule has 0 fully saturated rings. The average molecular weight is 229 g/mol. The van der Waals surface area contributed by atoms with Crippen LogP contribution >= 0.6 is 0 Å². The molecule has 0 atom stereocenters. The third-order valence-corrected chi connectivity index (χ3v) is 2.60. The third kappa shape index (κ3) is 1.65. The van der Waals surface area contributed by atoms with E-state index >= 15 is 0 Å². The number of nitrogens with one attached hydrogen (secondary N) is 1. The highest BCUT2D eigenvalue weighted by atomic mass is 16.5. The monoisotopic (exact) mass is 229 g/mol. The van der Waals surface area contributed by atoms with Gasteiger partial charge in [0, 0.05) is 6.54 Å². The molecule has 5 nitrogen and oxygen atoms in total. The van der Waals surface area contributed by atoms with E-state index in [1.807, 2.05) is 30.3 Å². The van der Waals surface area contributed by atoms with Crippen LogP contribution in [0.25, 0.3) is 5.69 Å². The second-order valence-corrected chi connectivity index (χ2v) is 3.72. The minimum Gasteiger partial charge on any atom is -0.484 e. The highest BCUT2D eigenvalue weighted by Crippen LogP contribution is 2.21. The van der Waals surface area contributed by atoms with Gasteiger partial charge in [0.25, 0.3) is 0 Å². The van der Waals surface area contributed by atoms with Crippen molar-refractivity contribution in [1.82, 2.24) is 9.78 Å². The highest BCUT2D eigenvalue weighted by molar-refractivity contribution is 5.55. The largest absolute Gasteiger partial charge is 0.484 e. The van der Waals surface area contributed by atoms with E-state index in [4.69, 9.17) is 4.74 Å². The molecule has 2 aromatic rings. The van der Waals surface area contributed by atoms with Gasteiger partial charge in [0.2, 0.25) is 5.75 Å². The highest BCUT2D eigenvalue weighted by Gasteiger charge is 2.16. The van der Waals surface area contributed by atoms with E-state index < -0.39 is 0 Å². The summed E-state index contributed by atoms with van der Waals surface area (Å²) in [6.45, 7) is 1.20. The van der Waals surface area contributed by atoms with E-state index in [1.54, 1.807) is 6.20 Å². The number of hydrogen-bond donors (Lipinski definition) is 1. The maximum atomic E-state index is 12.1. The van der Waals surface area contributed by atoms with E-state index in [2.05, 4.69) is 10.4 Å². The molecule has 0 amide bonds. The van der Waals surface area contributed by atoms with Crippen molar-refractivity contribution in [3.63, 3.8) is 0 Å². The molecular formula is C12H11N3O2. The quantitative estimate of drug-likeness (QED) is 0.793. The van der Waals surface area contributed by atoms with Crippen molar-refractivity contribution in [3.05, 3.63) is 46.9 Å². The first kappa shape index (κ1) is 9.89. The van der Waals surface area contributed by atoms with Crippen molar-refractivity contribution >= 4 is 5.69 Å². The van der Waals surface area contributed by atoms with Crippen LogP contribution in [0.1, 0.15) is 0 Å². The summed E-state index contributed by atoms with van der Waals surface area (Å²) in [6, 6.07) is 9.28. The molecule has 1 aliphatic heterocycles. The van der Waals surface area contributed by atoms with Gasteiger partial charge in [0.05, 0.1) is 11.9 Å². The molecule has 17 heavy (non-hydrogen) atoms. The first-order valence-corrected chi connectivity index (χ1v) is 5.41. The van der Waals surface area contributed by atoms with E-state index in [0.29, 0.717) is 24.6 Å². The Morgan fingerprint density at radius 1 is 1.29 bits per heavy atom. The smallest absolute Gasteiger partial charge is 0.315 e. The van der Waals surface area contributed by atoms with Crippen molar-refractivity contribution in [2.45, 2.75) is 0 Å². The van der Waals surface area contributed by atoms with Gasteiger partial charge in [0.15, 0.2) is 0 Å².